The average molecular weight is 359 g/mol. The van der Waals surface area contributed by atoms with Crippen LogP contribution in [0, 0.1) is 19.8 Å². The zero-order valence-electron chi connectivity index (χ0n) is 15.7. The van der Waals surface area contributed by atoms with Crippen molar-refractivity contribution in [1.82, 2.24) is 25.4 Å². The van der Waals surface area contributed by atoms with Crippen LogP contribution in [0.25, 0.3) is 0 Å². The molecule has 1 atom stereocenters. The molecule has 0 radical (unpaired) electrons. The smallest absolute Gasteiger partial charge is 0.270 e. The van der Waals surface area contributed by atoms with Crippen LogP contribution in [-0.2, 0) is 4.74 Å². The van der Waals surface area contributed by atoms with Gasteiger partial charge >= 0.3 is 0 Å². The molecule has 1 unspecified atom stereocenters. The number of ether oxygens (including phenoxy) is 1. The Morgan fingerprint density at radius 1 is 1.19 bits per heavy atom. The summed E-state index contributed by atoms with van der Waals surface area (Å²) in [6, 6.07) is 1.32. The van der Waals surface area contributed by atoms with Crippen LogP contribution in [-0.4, -0.2) is 39.2 Å². The van der Waals surface area contributed by atoms with Crippen LogP contribution in [0.2, 0.25) is 0 Å². The summed E-state index contributed by atoms with van der Waals surface area (Å²) in [5, 5.41) is 7.09. The van der Waals surface area contributed by atoms with Gasteiger partial charge in [-0.05, 0) is 38.7 Å². The third-order valence-corrected chi connectivity index (χ3v) is 4.46. The number of carbonyl (C=O) groups is 1. The Kier molecular flexibility index (Phi) is 5.61. The first-order valence-corrected chi connectivity index (χ1v) is 8.98. The van der Waals surface area contributed by atoms with Crippen LogP contribution in [0.5, 0.6) is 0 Å². The van der Waals surface area contributed by atoms with E-state index in [1.54, 1.807) is 13.0 Å². The van der Waals surface area contributed by atoms with Crippen molar-refractivity contribution >= 4 is 5.91 Å². The number of nitrogens with one attached hydrogen (secondary N) is 1. The number of nitrogens with zero attached hydrogens (tertiary/aromatic N) is 4. The van der Waals surface area contributed by atoms with E-state index >= 15 is 0 Å². The lowest BCUT2D eigenvalue weighted by molar-refractivity contribution is 0.0467. The van der Waals surface area contributed by atoms with Crippen LogP contribution in [0.1, 0.15) is 72.4 Å². The molecule has 8 heteroatoms. The first-order chi connectivity index (χ1) is 12.4. The fourth-order valence-corrected chi connectivity index (χ4v) is 3.09. The molecule has 0 aromatic carbocycles. The zero-order chi connectivity index (χ0) is 18.7. The van der Waals surface area contributed by atoms with Gasteiger partial charge in [0.05, 0.1) is 0 Å². The molecule has 1 saturated heterocycles. The van der Waals surface area contributed by atoms with Crippen molar-refractivity contribution in [1.29, 1.82) is 0 Å². The molecule has 1 aliphatic heterocycles. The number of rotatable bonds is 5. The van der Waals surface area contributed by atoms with E-state index in [2.05, 4.69) is 25.4 Å². The molecule has 3 rings (SSSR count). The van der Waals surface area contributed by atoms with Crippen molar-refractivity contribution in [2.75, 3.05) is 13.2 Å². The van der Waals surface area contributed by atoms with Gasteiger partial charge in [-0.3, -0.25) is 4.79 Å². The van der Waals surface area contributed by atoms with Crippen LogP contribution in [0.15, 0.2) is 10.6 Å². The predicted octanol–water partition coefficient (Wildman–Crippen LogP) is 2.50. The second-order valence-corrected chi connectivity index (χ2v) is 6.99. The molecule has 2 aromatic rings. The quantitative estimate of drug-likeness (QED) is 0.875. The minimum atomic E-state index is -0.359. The van der Waals surface area contributed by atoms with E-state index in [0.717, 1.165) is 18.5 Å². The molecular weight excluding hydrogens is 334 g/mol. The molecule has 0 spiro atoms. The van der Waals surface area contributed by atoms with Crippen molar-refractivity contribution in [3.8, 4) is 0 Å². The van der Waals surface area contributed by atoms with Gasteiger partial charge in [0.15, 0.2) is 5.82 Å². The first kappa shape index (κ1) is 18.4. The van der Waals surface area contributed by atoms with Crippen LogP contribution < -0.4 is 5.32 Å². The van der Waals surface area contributed by atoms with Gasteiger partial charge in [-0.1, -0.05) is 19.0 Å². The number of amides is 1. The molecule has 0 bridgehead atoms. The molecular formula is C18H25N5O3. The summed E-state index contributed by atoms with van der Waals surface area (Å²) < 4.78 is 10.9. The summed E-state index contributed by atoms with van der Waals surface area (Å²) in [7, 11) is 0. The molecule has 26 heavy (non-hydrogen) atoms. The summed E-state index contributed by atoms with van der Waals surface area (Å²) in [5.41, 5.74) is 1.10. The van der Waals surface area contributed by atoms with Gasteiger partial charge in [0.1, 0.15) is 17.6 Å². The lowest BCUT2D eigenvalue weighted by atomic mass is 9.91. The fraction of sp³-hybridized carbons (Fsp3) is 0.611. The van der Waals surface area contributed by atoms with Crippen molar-refractivity contribution in [2.24, 2.45) is 5.92 Å². The highest BCUT2D eigenvalue weighted by atomic mass is 16.5. The third kappa shape index (κ3) is 4.24. The van der Waals surface area contributed by atoms with Gasteiger partial charge in [0.2, 0.25) is 5.89 Å². The first-order valence-electron chi connectivity index (χ1n) is 8.98. The van der Waals surface area contributed by atoms with E-state index < -0.39 is 0 Å². The van der Waals surface area contributed by atoms with Crippen molar-refractivity contribution in [2.45, 2.75) is 52.5 Å². The van der Waals surface area contributed by atoms with E-state index in [9.17, 15) is 4.79 Å². The SMILES string of the molecule is Cc1cc(C(=O)NC(c2nc(C(C)C)no2)C2CCOCC2)nc(C)n1. The standard InChI is InChI=1S/C18H25N5O3/c1-10(2)16-22-18(26-23-16)15(13-5-7-25-8-6-13)21-17(24)14-9-11(3)19-12(4)20-14/h9-10,13,15H,5-8H2,1-4H3,(H,21,24). The molecule has 1 fully saturated rings. The molecule has 0 aliphatic carbocycles. The van der Waals surface area contributed by atoms with Crippen molar-refractivity contribution in [3.63, 3.8) is 0 Å². The lowest BCUT2D eigenvalue weighted by Crippen LogP contribution is -2.36. The van der Waals surface area contributed by atoms with Crippen LogP contribution in [0.4, 0.5) is 0 Å². The summed E-state index contributed by atoms with van der Waals surface area (Å²) in [4.78, 5) is 25.8. The van der Waals surface area contributed by atoms with Crippen molar-refractivity contribution < 1.29 is 14.1 Å². The van der Waals surface area contributed by atoms with Gasteiger partial charge in [-0.15, -0.1) is 0 Å². The number of hydrogen-bond donors (Lipinski definition) is 1. The Bertz CT molecular complexity index is 748. The normalized spacial score (nSPS) is 16.7. The maximum Gasteiger partial charge on any atom is 0.270 e. The molecule has 1 amide bonds. The second-order valence-electron chi connectivity index (χ2n) is 6.99. The topological polar surface area (TPSA) is 103 Å². The highest BCUT2D eigenvalue weighted by molar-refractivity contribution is 5.92. The summed E-state index contributed by atoms with van der Waals surface area (Å²) >= 11 is 0. The summed E-state index contributed by atoms with van der Waals surface area (Å²) in [6.45, 7) is 8.94. The molecule has 3 heterocycles. The highest BCUT2D eigenvalue weighted by Gasteiger charge is 2.32. The minimum absolute atomic E-state index is 0.158. The van der Waals surface area contributed by atoms with Crippen molar-refractivity contribution in [3.05, 3.63) is 35.0 Å². The molecule has 140 valence electrons. The molecule has 0 saturated carbocycles. The Balaban J connectivity index is 1.85. The largest absolute Gasteiger partial charge is 0.381 e. The number of carbonyl (C=O) groups excluding carboxylic acids is 1. The third-order valence-electron chi connectivity index (χ3n) is 4.46. The van der Waals surface area contributed by atoms with Gasteiger partial charge in [-0.2, -0.15) is 4.98 Å². The highest BCUT2D eigenvalue weighted by Crippen LogP contribution is 2.30. The molecule has 1 aliphatic rings. The number of hydrogen-bond acceptors (Lipinski definition) is 7. The van der Waals surface area contributed by atoms with E-state index in [1.807, 2.05) is 20.8 Å². The second kappa shape index (κ2) is 7.90. The van der Waals surface area contributed by atoms with E-state index in [1.165, 1.54) is 0 Å². The average Bonchev–Trinajstić information content (AvgIpc) is 3.09. The summed E-state index contributed by atoms with van der Waals surface area (Å²) in [6.07, 6.45) is 1.65. The Labute approximate surface area is 152 Å². The predicted molar refractivity (Wildman–Crippen MR) is 93.6 cm³/mol. The molecule has 1 N–H and O–H groups in total. The van der Waals surface area contributed by atoms with E-state index in [-0.39, 0.29) is 23.8 Å². The van der Waals surface area contributed by atoms with Crippen LogP contribution in [0.3, 0.4) is 0 Å². The maximum absolute atomic E-state index is 12.8. The zero-order valence-corrected chi connectivity index (χ0v) is 15.7. The van der Waals surface area contributed by atoms with Gasteiger partial charge in [0.25, 0.3) is 5.91 Å². The van der Waals surface area contributed by atoms with Gasteiger partial charge in [-0.25, -0.2) is 9.97 Å². The molecule has 8 nitrogen and oxygen atoms in total. The van der Waals surface area contributed by atoms with E-state index in [0.29, 0.717) is 36.4 Å². The van der Waals surface area contributed by atoms with Gasteiger partial charge < -0.3 is 14.6 Å². The number of aryl methyl sites for hydroxylation is 2. The Morgan fingerprint density at radius 2 is 1.92 bits per heavy atom. The van der Waals surface area contributed by atoms with E-state index in [4.69, 9.17) is 9.26 Å². The minimum Gasteiger partial charge on any atom is -0.381 e. The fourth-order valence-electron chi connectivity index (χ4n) is 3.09. The van der Waals surface area contributed by atoms with Crippen LogP contribution >= 0.6 is 0 Å². The molecule has 2 aromatic heterocycles. The monoisotopic (exact) mass is 359 g/mol. The number of aromatic nitrogens is 4. The Hall–Kier alpha value is -2.35. The maximum atomic E-state index is 12.8. The van der Waals surface area contributed by atoms with Gasteiger partial charge in [0, 0.05) is 24.8 Å². The lowest BCUT2D eigenvalue weighted by Gasteiger charge is -2.28. The summed E-state index contributed by atoms with van der Waals surface area (Å²) in [5.74, 6) is 1.72. The Morgan fingerprint density at radius 3 is 2.54 bits per heavy atom.